The van der Waals surface area contributed by atoms with E-state index < -0.39 is 18.3 Å². The highest BCUT2D eigenvalue weighted by Crippen LogP contribution is 2.46. The summed E-state index contributed by atoms with van der Waals surface area (Å²) < 4.78 is 52.4. The number of rotatable bonds is 2. The Morgan fingerprint density at radius 1 is 0.917 bits per heavy atom. The molecule has 0 heterocycles. The Hall–Kier alpha value is -0.540. The van der Waals surface area contributed by atoms with E-state index in [2.05, 4.69) is 13.0 Å². The van der Waals surface area contributed by atoms with Gasteiger partial charge in [-0.3, -0.25) is 0 Å². The fraction of sp³-hybridized carbons (Fsp3) is 0.900. The molecule has 24 heavy (non-hydrogen) atoms. The van der Waals surface area contributed by atoms with Crippen LogP contribution in [0.1, 0.15) is 71.1 Å². The minimum atomic E-state index is -4.38. The van der Waals surface area contributed by atoms with Crippen molar-refractivity contribution in [3.8, 4) is 0 Å². The fourth-order valence-electron chi connectivity index (χ4n) is 5.25. The normalized spacial score (nSPS) is 41.8. The lowest BCUT2D eigenvalue weighted by Crippen LogP contribution is -2.37. The van der Waals surface area contributed by atoms with Gasteiger partial charge in [-0.1, -0.05) is 31.4 Å². The van der Waals surface area contributed by atoms with Gasteiger partial charge in [0.1, 0.15) is 6.17 Å². The van der Waals surface area contributed by atoms with Crippen molar-refractivity contribution in [3.05, 3.63) is 11.6 Å². The molecular weight excluding hydrogens is 316 g/mol. The molecule has 4 unspecified atom stereocenters. The van der Waals surface area contributed by atoms with E-state index in [4.69, 9.17) is 0 Å². The second kappa shape index (κ2) is 7.37. The zero-order valence-corrected chi connectivity index (χ0v) is 14.6. The summed E-state index contributed by atoms with van der Waals surface area (Å²) in [7, 11) is 0. The van der Waals surface area contributed by atoms with Gasteiger partial charge in [0.05, 0.1) is 5.92 Å². The molecule has 0 aromatic heterocycles. The number of allylic oxidation sites excluding steroid dienone is 2. The molecule has 0 nitrogen and oxygen atoms in total. The lowest BCUT2D eigenvalue weighted by Gasteiger charge is -2.38. The van der Waals surface area contributed by atoms with Gasteiger partial charge in [0.25, 0.3) is 0 Å². The molecule has 0 aliphatic heterocycles. The predicted octanol–water partition coefficient (Wildman–Crippen LogP) is 6.86. The van der Waals surface area contributed by atoms with Crippen LogP contribution in [0.25, 0.3) is 0 Å². The maximum absolute atomic E-state index is 14.0. The molecule has 0 aromatic carbocycles. The summed E-state index contributed by atoms with van der Waals surface area (Å²) in [5, 5.41) is 0. The third-order valence-electron chi connectivity index (χ3n) is 6.93. The molecule has 3 aliphatic carbocycles. The Labute approximate surface area is 143 Å². The molecule has 3 rings (SSSR count). The molecule has 0 bridgehead atoms. The van der Waals surface area contributed by atoms with E-state index in [-0.39, 0.29) is 18.8 Å². The van der Waals surface area contributed by atoms with Crippen molar-refractivity contribution in [2.75, 3.05) is 0 Å². The van der Waals surface area contributed by atoms with E-state index in [1.165, 1.54) is 31.3 Å². The first kappa shape index (κ1) is 18.3. The van der Waals surface area contributed by atoms with Crippen molar-refractivity contribution >= 4 is 0 Å². The zero-order chi connectivity index (χ0) is 17.3. The summed E-state index contributed by atoms with van der Waals surface area (Å²) in [6.45, 7) is 2.33. The number of halogens is 4. The van der Waals surface area contributed by atoms with Crippen LogP contribution in [0.15, 0.2) is 11.6 Å². The van der Waals surface area contributed by atoms with Gasteiger partial charge in [0.15, 0.2) is 0 Å². The van der Waals surface area contributed by atoms with Crippen LogP contribution in [0.5, 0.6) is 0 Å². The van der Waals surface area contributed by atoms with Gasteiger partial charge >= 0.3 is 6.18 Å². The molecule has 138 valence electrons. The molecule has 0 radical (unpaired) electrons. The van der Waals surface area contributed by atoms with Crippen LogP contribution in [-0.4, -0.2) is 12.3 Å². The maximum atomic E-state index is 14.0. The van der Waals surface area contributed by atoms with Crippen molar-refractivity contribution < 1.29 is 17.6 Å². The van der Waals surface area contributed by atoms with E-state index in [9.17, 15) is 17.6 Å². The Bertz CT molecular complexity index is 445. The molecule has 4 atom stereocenters. The second-order valence-corrected chi connectivity index (χ2v) is 8.51. The number of hydrogen-bond acceptors (Lipinski definition) is 0. The number of alkyl halides is 4. The van der Waals surface area contributed by atoms with Crippen LogP contribution in [-0.2, 0) is 0 Å². The van der Waals surface area contributed by atoms with Crippen LogP contribution in [0.2, 0.25) is 0 Å². The molecule has 2 saturated carbocycles. The van der Waals surface area contributed by atoms with Crippen LogP contribution in [0, 0.1) is 29.6 Å². The smallest absolute Gasteiger partial charge is 0.247 e. The van der Waals surface area contributed by atoms with Crippen molar-refractivity contribution in [1.29, 1.82) is 0 Å². The molecule has 4 heteroatoms. The van der Waals surface area contributed by atoms with E-state index in [1.807, 2.05) is 0 Å². The predicted molar refractivity (Wildman–Crippen MR) is 88.3 cm³/mol. The summed E-state index contributed by atoms with van der Waals surface area (Å²) in [5.41, 5.74) is 1.25. The van der Waals surface area contributed by atoms with Crippen LogP contribution in [0.3, 0.4) is 0 Å². The third-order valence-corrected chi connectivity index (χ3v) is 6.93. The van der Waals surface area contributed by atoms with Gasteiger partial charge in [-0.05, 0) is 75.0 Å². The summed E-state index contributed by atoms with van der Waals surface area (Å²) in [5.74, 6) is 0.741. The monoisotopic (exact) mass is 346 g/mol. The van der Waals surface area contributed by atoms with E-state index >= 15 is 0 Å². The standard InChI is InChI=1S/C20H30F4/c1-13-2-4-14(5-3-13)15-6-8-16(9-7-15)17-10-11-18(19(21)12-17)20(22,23)24/h8,13-15,17-19H,2-7,9-12H2,1H3. The van der Waals surface area contributed by atoms with Gasteiger partial charge < -0.3 is 0 Å². The molecule has 0 N–H and O–H groups in total. The molecule has 0 spiro atoms. The van der Waals surface area contributed by atoms with Crippen molar-refractivity contribution in [2.45, 2.75) is 83.5 Å². The Kier molecular flexibility index (Phi) is 5.61. The SMILES string of the molecule is CC1CCC(C2CC=C(C3CCC(C(F)(F)F)C(F)C3)CC2)CC1. The molecular formula is C20H30F4. The second-order valence-electron chi connectivity index (χ2n) is 8.51. The van der Waals surface area contributed by atoms with Crippen LogP contribution in [0.4, 0.5) is 17.6 Å². The lowest BCUT2D eigenvalue weighted by molar-refractivity contribution is -0.200. The molecule has 2 fully saturated rings. The molecule has 0 aromatic rings. The fourth-order valence-corrected chi connectivity index (χ4v) is 5.25. The third kappa shape index (κ3) is 4.16. The minimum absolute atomic E-state index is 0.0450. The highest BCUT2D eigenvalue weighted by molar-refractivity contribution is 5.13. The summed E-state index contributed by atoms with van der Waals surface area (Å²) >= 11 is 0. The minimum Gasteiger partial charge on any atom is -0.247 e. The average Bonchev–Trinajstić information content (AvgIpc) is 2.54. The van der Waals surface area contributed by atoms with E-state index in [0.717, 1.165) is 37.0 Å². The van der Waals surface area contributed by atoms with Crippen molar-refractivity contribution in [1.82, 2.24) is 0 Å². The van der Waals surface area contributed by atoms with E-state index in [0.29, 0.717) is 6.42 Å². The first-order valence-corrected chi connectivity index (χ1v) is 9.74. The highest BCUT2D eigenvalue weighted by Gasteiger charge is 2.48. The lowest BCUT2D eigenvalue weighted by atomic mass is 9.69. The summed E-state index contributed by atoms with van der Waals surface area (Å²) in [6.07, 6.45) is 5.21. The maximum Gasteiger partial charge on any atom is 0.394 e. The Balaban J connectivity index is 1.52. The summed E-state index contributed by atoms with van der Waals surface area (Å²) in [4.78, 5) is 0. The first-order chi connectivity index (χ1) is 11.3. The quantitative estimate of drug-likeness (QED) is 0.378. The molecule has 0 saturated heterocycles. The largest absolute Gasteiger partial charge is 0.394 e. The van der Waals surface area contributed by atoms with Gasteiger partial charge in [-0.15, -0.1) is 0 Å². The van der Waals surface area contributed by atoms with Gasteiger partial charge in [0.2, 0.25) is 0 Å². The Morgan fingerprint density at radius 2 is 1.62 bits per heavy atom. The van der Waals surface area contributed by atoms with E-state index in [1.54, 1.807) is 0 Å². The van der Waals surface area contributed by atoms with Gasteiger partial charge in [-0.2, -0.15) is 13.2 Å². The Morgan fingerprint density at radius 3 is 2.17 bits per heavy atom. The van der Waals surface area contributed by atoms with Crippen molar-refractivity contribution in [3.63, 3.8) is 0 Å². The number of hydrogen-bond donors (Lipinski definition) is 0. The topological polar surface area (TPSA) is 0 Å². The summed E-state index contributed by atoms with van der Waals surface area (Å²) in [6, 6.07) is 0. The van der Waals surface area contributed by atoms with Gasteiger partial charge in [0, 0.05) is 0 Å². The average molecular weight is 346 g/mol. The van der Waals surface area contributed by atoms with Crippen LogP contribution >= 0.6 is 0 Å². The van der Waals surface area contributed by atoms with Gasteiger partial charge in [-0.25, -0.2) is 4.39 Å². The first-order valence-electron chi connectivity index (χ1n) is 9.74. The zero-order valence-electron chi connectivity index (χ0n) is 14.6. The highest BCUT2D eigenvalue weighted by atomic mass is 19.4. The van der Waals surface area contributed by atoms with Crippen LogP contribution < -0.4 is 0 Å². The van der Waals surface area contributed by atoms with Crippen molar-refractivity contribution in [2.24, 2.45) is 29.6 Å². The molecule has 0 amide bonds. The molecule has 3 aliphatic rings.